The number of hydrogen-bond acceptors (Lipinski definition) is 3. The normalized spacial score (nSPS) is 21.4. The second-order valence-electron chi connectivity index (χ2n) is 10.0. The molecule has 1 aliphatic heterocycles. The summed E-state index contributed by atoms with van der Waals surface area (Å²) in [6, 6.07) is 21.7. The van der Waals surface area contributed by atoms with Crippen LogP contribution < -0.4 is 5.73 Å². The first-order valence-electron chi connectivity index (χ1n) is 12.3. The van der Waals surface area contributed by atoms with Gasteiger partial charge in [0.15, 0.2) is 0 Å². The van der Waals surface area contributed by atoms with Crippen LogP contribution >= 0.6 is 10.3 Å². The van der Waals surface area contributed by atoms with Crippen LogP contribution in [0.3, 0.4) is 0 Å². The number of likely N-dealkylation sites (tertiary alicyclic amines) is 1. The molecule has 1 amide bonds. The predicted octanol–water partition coefficient (Wildman–Crippen LogP) is 6.40. The van der Waals surface area contributed by atoms with Crippen LogP contribution in [-0.2, 0) is 8.98 Å². The number of piperidine rings is 1. The molecule has 1 saturated carbocycles. The molecule has 4 rings (SSSR count). The number of fused-ring (bicyclic) bond motifs is 1. The van der Waals surface area contributed by atoms with Gasteiger partial charge in [-0.05, 0) is 76.6 Å². The fourth-order valence-corrected chi connectivity index (χ4v) is 9.21. The van der Waals surface area contributed by atoms with Gasteiger partial charge in [-0.15, -0.1) is 0 Å². The number of benzene rings is 2. The van der Waals surface area contributed by atoms with Crippen LogP contribution in [-0.4, -0.2) is 41.8 Å². The van der Waals surface area contributed by atoms with Crippen molar-refractivity contribution in [3.8, 4) is 0 Å². The first-order valence-corrected chi connectivity index (χ1v) is 13.9. The lowest BCUT2D eigenvalue weighted by molar-refractivity contribution is -0.135. The summed E-state index contributed by atoms with van der Waals surface area (Å²) >= 11 is 0. The van der Waals surface area contributed by atoms with Gasteiger partial charge in [-0.25, -0.2) is 0 Å². The smallest absolute Gasteiger partial charge is 0.236 e. The van der Waals surface area contributed by atoms with E-state index in [1.807, 2.05) is 12.0 Å². The SMILES string of the molecule is COS(c1ccccc1)(c1ccccc1)C(C)(C)C.NCC(=O)N1CCCC2CCCCC21. The van der Waals surface area contributed by atoms with E-state index in [0.29, 0.717) is 6.04 Å². The second kappa shape index (κ2) is 11.5. The zero-order valence-electron chi connectivity index (χ0n) is 20.8. The first kappa shape index (κ1) is 25.8. The number of rotatable bonds is 4. The van der Waals surface area contributed by atoms with E-state index in [1.165, 1.54) is 48.3 Å². The lowest BCUT2D eigenvalue weighted by Crippen LogP contribution is -2.51. The molecule has 5 heteroatoms. The molecule has 1 aliphatic carbocycles. The number of carbonyl (C=O) groups is 1. The van der Waals surface area contributed by atoms with Gasteiger partial charge < -0.3 is 14.8 Å². The van der Waals surface area contributed by atoms with Crippen molar-refractivity contribution in [2.45, 2.75) is 79.9 Å². The third-order valence-electron chi connectivity index (χ3n) is 7.00. The van der Waals surface area contributed by atoms with Crippen molar-refractivity contribution in [3.05, 3.63) is 60.7 Å². The molecule has 0 radical (unpaired) electrons. The van der Waals surface area contributed by atoms with Crippen molar-refractivity contribution in [2.75, 3.05) is 20.2 Å². The van der Waals surface area contributed by atoms with E-state index in [-0.39, 0.29) is 17.2 Å². The molecular formula is C28H42N2O2S. The Bertz CT molecular complexity index is 825. The molecule has 0 aromatic heterocycles. The van der Waals surface area contributed by atoms with Crippen LogP contribution in [0.5, 0.6) is 0 Å². The van der Waals surface area contributed by atoms with E-state index < -0.39 is 10.3 Å². The van der Waals surface area contributed by atoms with E-state index in [4.69, 9.17) is 9.92 Å². The van der Waals surface area contributed by atoms with Gasteiger partial charge in [0.2, 0.25) is 5.91 Å². The maximum absolute atomic E-state index is 11.6. The molecular weight excluding hydrogens is 428 g/mol. The molecule has 2 aromatic rings. The Hall–Kier alpha value is -1.82. The first-order chi connectivity index (χ1) is 15.8. The molecule has 4 nitrogen and oxygen atoms in total. The van der Waals surface area contributed by atoms with Gasteiger partial charge in [-0.3, -0.25) is 4.79 Å². The fourth-order valence-electron chi connectivity index (χ4n) is 5.56. The van der Waals surface area contributed by atoms with E-state index in [9.17, 15) is 4.79 Å². The van der Waals surface area contributed by atoms with E-state index >= 15 is 0 Å². The molecule has 0 spiro atoms. The van der Waals surface area contributed by atoms with Gasteiger partial charge >= 0.3 is 0 Å². The number of amides is 1. The summed E-state index contributed by atoms with van der Waals surface area (Å²) in [7, 11) is 0.326. The summed E-state index contributed by atoms with van der Waals surface area (Å²) in [6.07, 6.45) is 7.66. The highest BCUT2D eigenvalue weighted by molar-refractivity contribution is 8.31. The van der Waals surface area contributed by atoms with E-state index in [2.05, 4.69) is 81.4 Å². The third-order valence-corrected chi connectivity index (χ3v) is 11.1. The van der Waals surface area contributed by atoms with E-state index in [0.717, 1.165) is 12.5 Å². The Balaban J connectivity index is 0.000000194. The van der Waals surface area contributed by atoms with E-state index in [1.54, 1.807) is 0 Å². The highest BCUT2D eigenvalue weighted by atomic mass is 32.3. The Labute approximate surface area is 202 Å². The number of nitrogens with zero attached hydrogens (tertiary/aromatic N) is 1. The van der Waals surface area contributed by atoms with Gasteiger partial charge in [0.25, 0.3) is 0 Å². The summed E-state index contributed by atoms with van der Waals surface area (Å²) in [6.45, 7) is 7.89. The van der Waals surface area contributed by atoms with Gasteiger partial charge in [-0.1, -0.05) is 59.5 Å². The Kier molecular flexibility index (Phi) is 9.02. The zero-order valence-corrected chi connectivity index (χ0v) is 21.7. The zero-order chi connectivity index (χ0) is 23.9. The quantitative estimate of drug-likeness (QED) is 0.563. The minimum atomic E-state index is -1.51. The van der Waals surface area contributed by atoms with Crippen molar-refractivity contribution in [1.82, 2.24) is 4.90 Å². The molecule has 2 N–H and O–H groups in total. The minimum Gasteiger partial charge on any atom is -0.338 e. The molecule has 1 heterocycles. The summed E-state index contributed by atoms with van der Waals surface area (Å²) in [5.41, 5.74) is 5.43. The Morgan fingerprint density at radius 1 is 0.939 bits per heavy atom. The molecule has 2 unspecified atom stereocenters. The number of hydrogen-bond donors (Lipinski definition) is 1. The molecule has 2 aromatic carbocycles. The maximum atomic E-state index is 11.6. The topological polar surface area (TPSA) is 55.6 Å². The molecule has 2 atom stereocenters. The molecule has 1 saturated heterocycles. The van der Waals surface area contributed by atoms with Crippen LogP contribution in [0.4, 0.5) is 0 Å². The van der Waals surface area contributed by atoms with Gasteiger partial charge in [0.1, 0.15) is 0 Å². The summed E-state index contributed by atoms with van der Waals surface area (Å²) in [5, 5.41) is 0. The van der Waals surface area contributed by atoms with Gasteiger partial charge in [0, 0.05) is 34.2 Å². The highest BCUT2D eigenvalue weighted by Crippen LogP contribution is 2.70. The van der Waals surface area contributed by atoms with Crippen molar-refractivity contribution < 1.29 is 8.98 Å². The number of nitrogens with two attached hydrogens (primary N) is 1. The molecule has 2 fully saturated rings. The monoisotopic (exact) mass is 470 g/mol. The Morgan fingerprint density at radius 3 is 1.94 bits per heavy atom. The van der Waals surface area contributed by atoms with Crippen LogP contribution in [0.15, 0.2) is 70.5 Å². The lowest BCUT2D eigenvalue weighted by Gasteiger charge is -2.49. The standard InChI is InChI=1S/C17H22OS.C11H20N2O/c1-17(2,3)19(18-4,15-11-7-5-8-12-15)16-13-9-6-10-14-16;12-8-11(14)13-7-3-5-9-4-1-2-6-10(9)13/h5-14H,1-4H3;9-10H,1-8,12H2. The van der Waals surface area contributed by atoms with Crippen molar-refractivity contribution in [3.63, 3.8) is 0 Å². The maximum Gasteiger partial charge on any atom is 0.236 e. The summed E-state index contributed by atoms with van der Waals surface area (Å²) in [5.74, 6) is 0.926. The molecule has 182 valence electrons. The van der Waals surface area contributed by atoms with Crippen LogP contribution in [0, 0.1) is 5.92 Å². The van der Waals surface area contributed by atoms with Crippen LogP contribution in [0.2, 0.25) is 0 Å². The number of carbonyl (C=O) groups excluding carboxylic acids is 1. The molecule has 0 bridgehead atoms. The molecule has 33 heavy (non-hydrogen) atoms. The molecule has 2 aliphatic rings. The Morgan fingerprint density at radius 2 is 1.45 bits per heavy atom. The largest absolute Gasteiger partial charge is 0.338 e. The minimum absolute atomic E-state index is 0.0322. The van der Waals surface area contributed by atoms with Gasteiger partial charge in [0.05, 0.1) is 6.54 Å². The average molecular weight is 471 g/mol. The van der Waals surface area contributed by atoms with Crippen molar-refractivity contribution in [2.24, 2.45) is 11.7 Å². The predicted molar refractivity (Wildman–Crippen MR) is 140 cm³/mol. The summed E-state index contributed by atoms with van der Waals surface area (Å²) in [4.78, 5) is 16.2. The van der Waals surface area contributed by atoms with Gasteiger partial charge in [-0.2, -0.15) is 0 Å². The lowest BCUT2D eigenvalue weighted by atomic mass is 9.78. The average Bonchev–Trinajstić information content (AvgIpc) is 2.85. The van der Waals surface area contributed by atoms with Crippen molar-refractivity contribution >= 4 is 16.2 Å². The van der Waals surface area contributed by atoms with Crippen molar-refractivity contribution in [1.29, 1.82) is 0 Å². The summed E-state index contributed by atoms with van der Waals surface area (Å²) < 4.78 is 6.19. The van der Waals surface area contributed by atoms with Crippen LogP contribution in [0.1, 0.15) is 59.3 Å². The highest BCUT2D eigenvalue weighted by Gasteiger charge is 2.40. The third kappa shape index (κ3) is 5.64. The fraction of sp³-hybridized carbons (Fsp3) is 0.536. The second-order valence-corrected chi connectivity index (χ2v) is 13.6. The van der Waals surface area contributed by atoms with Crippen LogP contribution in [0.25, 0.3) is 0 Å².